The molecule has 118 valence electrons. The van der Waals surface area contributed by atoms with Crippen molar-refractivity contribution < 1.29 is 4.74 Å². The van der Waals surface area contributed by atoms with Gasteiger partial charge in [0.1, 0.15) is 5.75 Å². The van der Waals surface area contributed by atoms with Gasteiger partial charge in [-0.3, -0.25) is 4.90 Å². The maximum absolute atomic E-state index is 6.05. The minimum absolute atomic E-state index is 0.342. The fourth-order valence-corrected chi connectivity index (χ4v) is 3.14. The highest BCUT2D eigenvalue weighted by molar-refractivity contribution is 5.29. The van der Waals surface area contributed by atoms with E-state index in [2.05, 4.69) is 49.9 Å². The van der Waals surface area contributed by atoms with E-state index in [1.54, 1.807) is 0 Å². The van der Waals surface area contributed by atoms with Crippen molar-refractivity contribution >= 4 is 0 Å². The summed E-state index contributed by atoms with van der Waals surface area (Å²) >= 11 is 0. The van der Waals surface area contributed by atoms with Crippen LogP contribution in [0.5, 0.6) is 5.75 Å². The van der Waals surface area contributed by atoms with Crippen molar-refractivity contribution in [3.8, 4) is 5.75 Å². The molecular weight excluding hydrogens is 260 g/mol. The summed E-state index contributed by atoms with van der Waals surface area (Å²) in [5.41, 5.74) is 7.36. The van der Waals surface area contributed by atoms with Gasteiger partial charge in [-0.25, -0.2) is 0 Å². The summed E-state index contributed by atoms with van der Waals surface area (Å²) in [4.78, 5) is 2.55. The summed E-state index contributed by atoms with van der Waals surface area (Å²) in [6.07, 6.45) is 2.34. The molecule has 21 heavy (non-hydrogen) atoms. The minimum atomic E-state index is 0.342. The van der Waals surface area contributed by atoms with Crippen LogP contribution in [0.3, 0.4) is 0 Å². The first kappa shape index (κ1) is 16.3. The third kappa shape index (κ3) is 4.21. The molecule has 2 unspecified atom stereocenters. The average Bonchev–Trinajstić information content (AvgIpc) is 2.97. The highest BCUT2D eigenvalue weighted by atomic mass is 16.5. The highest BCUT2D eigenvalue weighted by Gasteiger charge is 2.29. The zero-order valence-corrected chi connectivity index (χ0v) is 13.7. The number of likely N-dealkylation sites (tertiary alicyclic amines) is 1. The van der Waals surface area contributed by atoms with Gasteiger partial charge in [0.25, 0.3) is 0 Å². The molecule has 0 aromatic heterocycles. The van der Waals surface area contributed by atoms with E-state index >= 15 is 0 Å². The highest BCUT2D eigenvalue weighted by Crippen LogP contribution is 2.31. The van der Waals surface area contributed by atoms with Crippen molar-refractivity contribution in [3.05, 3.63) is 29.8 Å². The molecule has 0 radical (unpaired) electrons. The lowest BCUT2D eigenvalue weighted by molar-refractivity contribution is 0.232. The maximum atomic E-state index is 6.05. The molecule has 0 aliphatic carbocycles. The molecule has 0 bridgehead atoms. The molecule has 0 amide bonds. The topological polar surface area (TPSA) is 38.5 Å². The Labute approximate surface area is 129 Å². The van der Waals surface area contributed by atoms with Gasteiger partial charge in [0.15, 0.2) is 0 Å². The summed E-state index contributed by atoms with van der Waals surface area (Å²) in [5, 5.41) is 0. The van der Waals surface area contributed by atoms with Gasteiger partial charge in [0.2, 0.25) is 0 Å². The Morgan fingerprint density at radius 2 is 2.00 bits per heavy atom. The van der Waals surface area contributed by atoms with Crippen LogP contribution in [0.4, 0.5) is 0 Å². The van der Waals surface area contributed by atoms with Crippen LogP contribution >= 0.6 is 0 Å². The number of hydrogen-bond acceptors (Lipinski definition) is 3. The molecule has 1 aliphatic heterocycles. The SMILES string of the molecule is CCCOc1ccc(C(CN)N2CCC(C(C)C)C2)cc1. The Bertz CT molecular complexity index is 416. The standard InChI is InChI=1S/C18H30N2O/c1-4-11-21-17-7-5-15(6-8-17)18(12-19)20-10-9-16(13-20)14(2)3/h5-8,14,16,18H,4,9-13,19H2,1-3H3. The van der Waals surface area contributed by atoms with Crippen LogP contribution in [0.1, 0.15) is 45.2 Å². The summed E-state index contributed by atoms with van der Waals surface area (Å²) in [6.45, 7) is 10.6. The van der Waals surface area contributed by atoms with Gasteiger partial charge in [0, 0.05) is 19.1 Å². The van der Waals surface area contributed by atoms with E-state index in [9.17, 15) is 0 Å². The minimum Gasteiger partial charge on any atom is -0.494 e. The number of nitrogens with zero attached hydrogens (tertiary/aromatic N) is 1. The van der Waals surface area contributed by atoms with E-state index in [1.165, 1.54) is 25.1 Å². The Hall–Kier alpha value is -1.06. The van der Waals surface area contributed by atoms with E-state index in [1.807, 2.05) is 0 Å². The Kier molecular flexibility index (Phi) is 6.07. The van der Waals surface area contributed by atoms with Crippen LogP contribution in [0, 0.1) is 11.8 Å². The Morgan fingerprint density at radius 3 is 2.52 bits per heavy atom. The van der Waals surface area contributed by atoms with Gasteiger partial charge in [-0.05, 0) is 48.9 Å². The normalized spacial score (nSPS) is 20.9. The third-order valence-electron chi connectivity index (χ3n) is 4.60. The van der Waals surface area contributed by atoms with Gasteiger partial charge in [-0.15, -0.1) is 0 Å². The van der Waals surface area contributed by atoms with Crippen LogP contribution in [0.25, 0.3) is 0 Å². The zero-order valence-electron chi connectivity index (χ0n) is 13.7. The van der Waals surface area contributed by atoms with Crippen LogP contribution in [0.2, 0.25) is 0 Å². The third-order valence-corrected chi connectivity index (χ3v) is 4.60. The molecule has 2 atom stereocenters. The van der Waals surface area contributed by atoms with Crippen LogP contribution in [-0.2, 0) is 0 Å². The maximum Gasteiger partial charge on any atom is 0.119 e. The molecule has 3 heteroatoms. The number of benzene rings is 1. The Morgan fingerprint density at radius 1 is 1.29 bits per heavy atom. The smallest absolute Gasteiger partial charge is 0.119 e. The number of hydrogen-bond donors (Lipinski definition) is 1. The van der Waals surface area contributed by atoms with Gasteiger partial charge in [0.05, 0.1) is 6.61 Å². The lowest BCUT2D eigenvalue weighted by atomic mass is 9.95. The number of rotatable bonds is 7. The number of nitrogens with two attached hydrogens (primary N) is 1. The predicted molar refractivity (Wildman–Crippen MR) is 88.5 cm³/mol. The van der Waals surface area contributed by atoms with Gasteiger partial charge in [-0.1, -0.05) is 32.9 Å². The van der Waals surface area contributed by atoms with Crippen molar-refractivity contribution in [1.82, 2.24) is 4.90 Å². The summed E-state index contributed by atoms with van der Waals surface area (Å²) in [6, 6.07) is 8.83. The molecule has 1 aromatic carbocycles. The molecule has 2 N–H and O–H groups in total. The van der Waals surface area contributed by atoms with E-state index in [0.717, 1.165) is 30.6 Å². The van der Waals surface area contributed by atoms with Crippen LogP contribution in [-0.4, -0.2) is 31.1 Å². The molecule has 1 aromatic rings. The first-order valence-electron chi connectivity index (χ1n) is 8.32. The number of ether oxygens (including phenoxy) is 1. The van der Waals surface area contributed by atoms with E-state index in [-0.39, 0.29) is 0 Å². The fraction of sp³-hybridized carbons (Fsp3) is 0.667. The van der Waals surface area contributed by atoms with E-state index in [4.69, 9.17) is 10.5 Å². The summed E-state index contributed by atoms with van der Waals surface area (Å²) < 4.78 is 5.65. The largest absolute Gasteiger partial charge is 0.494 e. The van der Waals surface area contributed by atoms with E-state index < -0.39 is 0 Å². The monoisotopic (exact) mass is 290 g/mol. The van der Waals surface area contributed by atoms with Crippen molar-refractivity contribution in [2.75, 3.05) is 26.2 Å². The predicted octanol–water partition coefficient (Wildman–Crippen LogP) is 3.45. The molecule has 2 rings (SSSR count). The fourth-order valence-electron chi connectivity index (χ4n) is 3.14. The van der Waals surface area contributed by atoms with Crippen molar-refractivity contribution in [3.63, 3.8) is 0 Å². The summed E-state index contributed by atoms with van der Waals surface area (Å²) in [5.74, 6) is 2.53. The second-order valence-corrected chi connectivity index (χ2v) is 6.46. The second-order valence-electron chi connectivity index (χ2n) is 6.46. The molecular formula is C18H30N2O. The van der Waals surface area contributed by atoms with E-state index in [0.29, 0.717) is 12.6 Å². The van der Waals surface area contributed by atoms with Gasteiger partial charge >= 0.3 is 0 Å². The lowest BCUT2D eigenvalue weighted by Crippen LogP contribution is -2.32. The Balaban J connectivity index is 2.01. The second kappa shape index (κ2) is 7.81. The van der Waals surface area contributed by atoms with Crippen molar-refractivity contribution in [1.29, 1.82) is 0 Å². The molecule has 0 spiro atoms. The molecule has 1 saturated heterocycles. The quantitative estimate of drug-likeness (QED) is 0.836. The van der Waals surface area contributed by atoms with Gasteiger partial charge < -0.3 is 10.5 Å². The molecule has 0 saturated carbocycles. The zero-order chi connectivity index (χ0) is 15.2. The van der Waals surface area contributed by atoms with Crippen molar-refractivity contribution in [2.24, 2.45) is 17.6 Å². The molecule has 1 fully saturated rings. The van der Waals surface area contributed by atoms with Crippen molar-refractivity contribution in [2.45, 2.75) is 39.7 Å². The molecule has 1 aliphatic rings. The summed E-state index contributed by atoms with van der Waals surface area (Å²) in [7, 11) is 0. The van der Waals surface area contributed by atoms with Crippen LogP contribution < -0.4 is 10.5 Å². The lowest BCUT2D eigenvalue weighted by Gasteiger charge is -2.27. The molecule has 3 nitrogen and oxygen atoms in total. The first-order valence-corrected chi connectivity index (χ1v) is 8.32. The molecule has 1 heterocycles. The van der Waals surface area contributed by atoms with Crippen LogP contribution in [0.15, 0.2) is 24.3 Å². The average molecular weight is 290 g/mol. The first-order chi connectivity index (χ1) is 10.2. The van der Waals surface area contributed by atoms with Gasteiger partial charge in [-0.2, -0.15) is 0 Å².